The molecule has 0 rings (SSSR count). The fraction of sp³-hybridized carbons (Fsp3) is 0.250. The van der Waals surface area contributed by atoms with Gasteiger partial charge in [0.25, 0.3) is 5.91 Å². The lowest BCUT2D eigenvalue weighted by Gasteiger charge is -2.04. The zero-order valence-corrected chi connectivity index (χ0v) is 9.34. The van der Waals surface area contributed by atoms with Crippen molar-refractivity contribution in [3.8, 4) is 0 Å². The monoisotopic (exact) mass is 231 g/mol. The van der Waals surface area contributed by atoms with E-state index in [0.29, 0.717) is 5.57 Å². The molecule has 0 unspecified atom stereocenters. The first-order valence-corrected chi connectivity index (χ1v) is 5.82. The summed E-state index contributed by atoms with van der Waals surface area (Å²) in [6, 6.07) is 0. The molecule has 0 atom stereocenters. The van der Waals surface area contributed by atoms with Crippen LogP contribution in [0.4, 0.5) is 0 Å². The zero-order valence-electron chi connectivity index (χ0n) is 8.52. The highest BCUT2D eigenvalue weighted by Gasteiger charge is 2.05. The number of hydrazine groups is 1. The van der Waals surface area contributed by atoms with Crippen molar-refractivity contribution in [3.63, 3.8) is 0 Å². The molecule has 0 saturated heterocycles. The molecule has 6 nitrogen and oxygen atoms in total. The molecule has 0 fully saturated rings. The number of amides is 1. The van der Waals surface area contributed by atoms with Crippen LogP contribution in [0, 0.1) is 0 Å². The Morgan fingerprint density at radius 2 is 2.07 bits per heavy atom. The normalized spacial score (nSPS) is 12.8. The molecule has 15 heavy (non-hydrogen) atoms. The van der Waals surface area contributed by atoms with E-state index in [0.717, 1.165) is 6.26 Å². The van der Waals surface area contributed by atoms with E-state index in [2.05, 4.69) is 11.7 Å². The van der Waals surface area contributed by atoms with Crippen molar-refractivity contribution in [1.29, 1.82) is 0 Å². The van der Waals surface area contributed by atoms with Crippen LogP contribution in [0.15, 0.2) is 28.9 Å². The van der Waals surface area contributed by atoms with Gasteiger partial charge in [-0.15, -0.1) is 4.83 Å². The maximum absolute atomic E-state index is 11.2. The van der Waals surface area contributed by atoms with Crippen LogP contribution < -0.4 is 10.3 Å². The van der Waals surface area contributed by atoms with Gasteiger partial charge in [-0.25, -0.2) is 8.42 Å². The predicted octanol–water partition coefficient (Wildman–Crippen LogP) is -0.273. The Kier molecular flexibility index (Phi) is 5.50. The second-order valence-corrected chi connectivity index (χ2v) is 4.45. The van der Waals surface area contributed by atoms with Crippen LogP contribution in [0.3, 0.4) is 0 Å². The summed E-state index contributed by atoms with van der Waals surface area (Å²) in [6.07, 6.45) is 5.34. The molecule has 0 aromatic heterocycles. The van der Waals surface area contributed by atoms with Crippen molar-refractivity contribution in [2.45, 2.75) is 6.92 Å². The van der Waals surface area contributed by atoms with Gasteiger partial charge in [0.05, 0.1) is 6.26 Å². The highest BCUT2D eigenvalue weighted by atomic mass is 32.2. The first-order chi connectivity index (χ1) is 6.87. The summed E-state index contributed by atoms with van der Waals surface area (Å²) in [4.78, 5) is 16.5. The second kappa shape index (κ2) is 6.10. The third-order valence-electron chi connectivity index (χ3n) is 1.25. The third kappa shape index (κ3) is 7.59. The fourth-order valence-corrected chi connectivity index (χ4v) is 0.840. The minimum absolute atomic E-state index is 0.339. The molecule has 0 heterocycles. The largest absolute Gasteiger partial charge is 0.274 e. The molecule has 84 valence electrons. The highest BCUT2D eigenvalue weighted by Crippen LogP contribution is 1.92. The van der Waals surface area contributed by atoms with Crippen LogP contribution in [-0.2, 0) is 14.8 Å². The Morgan fingerprint density at radius 3 is 2.53 bits per heavy atom. The van der Waals surface area contributed by atoms with Crippen LogP contribution in [0.5, 0.6) is 0 Å². The van der Waals surface area contributed by atoms with E-state index in [1.54, 1.807) is 0 Å². The Bertz CT molecular complexity index is 395. The quantitative estimate of drug-likeness (QED) is 0.295. The molecule has 0 saturated carbocycles. The van der Waals surface area contributed by atoms with Crippen molar-refractivity contribution in [3.05, 3.63) is 23.9 Å². The minimum Gasteiger partial charge on any atom is -0.274 e. The van der Waals surface area contributed by atoms with Gasteiger partial charge in [-0.05, 0) is 19.7 Å². The second-order valence-electron chi connectivity index (χ2n) is 2.70. The number of allylic oxidation sites excluding steroid dienone is 2. The van der Waals surface area contributed by atoms with E-state index >= 15 is 0 Å². The van der Waals surface area contributed by atoms with Gasteiger partial charge in [0, 0.05) is 11.8 Å². The number of sulfonamides is 1. The maximum atomic E-state index is 11.2. The number of nitrogens with zero attached hydrogens (tertiary/aromatic N) is 1. The van der Waals surface area contributed by atoms with E-state index < -0.39 is 15.9 Å². The molecule has 0 aliphatic heterocycles. The first kappa shape index (κ1) is 13.5. The van der Waals surface area contributed by atoms with Crippen LogP contribution in [0.2, 0.25) is 0 Å². The van der Waals surface area contributed by atoms with E-state index in [4.69, 9.17) is 0 Å². The number of carbonyl (C=O) groups excluding carboxylic acids is 1. The van der Waals surface area contributed by atoms with Gasteiger partial charge in [0.1, 0.15) is 0 Å². The molecular weight excluding hydrogens is 218 g/mol. The SMILES string of the molecule is C=N/C=C\C=C(/C)C(=O)NNS(C)(=O)=O. The van der Waals surface area contributed by atoms with Gasteiger partial charge in [0.2, 0.25) is 10.0 Å². The lowest BCUT2D eigenvalue weighted by molar-refractivity contribution is -0.117. The molecule has 1 amide bonds. The molecule has 0 aliphatic carbocycles. The van der Waals surface area contributed by atoms with Crippen LogP contribution in [0.25, 0.3) is 0 Å². The third-order valence-corrected chi connectivity index (χ3v) is 1.72. The van der Waals surface area contributed by atoms with Gasteiger partial charge in [0.15, 0.2) is 0 Å². The molecule has 0 aromatic carbocycles. The van der Waals surface area contributed by atoms with Crippen molar-refractivity contribution in [1.82, 2.24) is 10.3 Å². The number of aliphatic imine (C=N–C) groups is 1. The number of carbonyl (C=O) groups is 1. The fourth-order valence-electron chi connectivity index (χ4n) is 0.562. The standard InChI is InChI=1S/C8H13N3O3S/c1-7(5-4-6-9-2)8(12)10-11-15(3,13)14/h4-6,11H,2H2,1,3H3,(H,10,12)/b6-4-,7-5+. The van der Waals surface area contributed by atoms with E-state index in [9.17, 15) is 13.2 Å². The van der Waals surface area contributed by atoms with Crippen LogP contribution in [-0.4, -0.2) is 27.3 Å². The Balaban J connectivity index is 4.28. The number of nitrogens with one attached hydrogen (secondary N) is 2. The molecule has 0 radical (unpaired) electrons. The Labute approximate surface area is 88.8 Å². The van der Waals surface area contributed by atoms with Crippen LogP contribution >= 0.6 is 0 Å². The van der Waals surface area contributed by atoms with Gasteiger partial charge in [-0.3, -0.25) is 15.2 Å². The summed E-state index contributed by atoms with van der Waals surface area (Å²) >= 11 is 0. The van der Waals surface area contributed by atoms with E-state index in [1.165, 1.54) is 25.3 Å². The first-order valence-electron chi connectivity index (χ1n) is 3.93. The summed E-state index contributed by atoms with van der Waals surface area (Å²) in [7, 11) is -3.43. The molecule has 0 spiro atoms. The predicted molar refractivity (Wildman–Crippen MR) is 58.6 cm³/mol. The summed E-state index contributed by atoms with van der Waals surface area (Å²) in [5, 5.41) is 0. The lowest BCUT2D eigenvalue weighted by atomic mass is 10.3. The molecule has 0 bridgehead atoms. The van der Waals surface area contributed by atoms with E-state index in [1.807, 2.05) is 10.3 Å². The molecule has 7 heteroatoms. The lowest BCUT2D eigenvalue weighted by Crippen LogP contribution is -2.41. The van der Waals surface area contributed by atoms with Gasteiger partial charge in [-0.2, -0.15) is 0 Å². The van der Waals surface area contributed by atoms with Crippen LogP contribution in [0.1, 0.15) is 6.92 Å². The molecule has 2 N–H and O–H groups in total. The topological polar surface area (TPSA) is 87.6 Å². The van der Waals surface area contributed by atoms with Crippen molar-refractivity contribution < 1.29 is 13.2 Å². The zero-order chi connectivity index (χ0) is 11.9. The molecule has 0 aromatic rings. The average Bonchev–Trinajstić information content (AvgIpc) is 2.13. The van der Waals surface area contributed by atoms with Crippen molar-refractivity contribution in [2.24, 2.45) is 4.99 Å². The van der Waals surface area contributed by atoms with Crippen molar-refractivity contribution >= 4 is 22.6 Å². The Hall–Kier alpha value is -1.47. The highest BCUT2D eigenvalue weighted by molar-refractivity contribution is 7.88. The molecular formula is C8H13N3O3S. The summed E-state index contributed by atoms with van der Waals surface area (Å²) in [6.45, 7) is 4.75. The average molecular weight is 231 g/mol. The number of hydrogen-bond donors (Lipinski definition) is 2. The van der Waals surface area contributed by atoms with Gasteiger partial charge >= 0.3 is 0 Å². The van der Waals surface area contributed by atoms with Crippen molar-refractivity contribution in [2.75, 3.05) is 6.26 Å². The smallest absolute Gasteiger partial charge is 0.261 e. The maximum Gasteiger partial charge on any atom is 0.261 e. The Morgan fingerprint density at radius 1 is 1.47 bits per heavy atom. The van der Waals surface area contributed by atoms with Gasteiger partial charge in [-0.1, -0.05) is 6.08 Å². The summed E-state index contributed by atoms with van der Waals surface area (Å²) < 4.78 is 21.3. The summed E-state index contributed by atoms with van der Waals surface area (Å²) in [5.41, 5.74) is 2.36. The number of hydrogen-bond acceptors (Lipinski definition) is 4. The number of rotatable bonds is 5. The summed E-state index contributed by atoms with van der Waals surface area (Å²) in [5.74, 6) is -0.533. The molecule has 0 aliphatic rings. The van der Waals surface area contributed by atoms with E-state index in [-0.39, 0.29) is 0 Å². The van der Waals surface area contributed by atoms with Gasteiger partial charge < -0.3 is 0 Å². The minimum atomic E-state index is -3.43.